The smallest absolute Gasteiger partial charge is 0.191 e. The van der Waals surface area contributed by atoms with Crippen molar-refractivity contribution in [3.8, 4) is 5.75 Å². The number of phenols is 1. The van der Waals surface area contributed by atoms with Gasteiger partial charge in [0.2, 0.25) is 0 Å². The zero-order valence-corrected chi connectivity index (χ0v) is 13.1. The molecule has 0 aliphatic carbocycles. The molecule has 0 aromatic heterocycles. The van der Waals surface area contributed by atoms with Crippen molar-refractivity contribution in [2.75, 3.05) is 32.8 Å². The Morgan fingerprint density at radius 3 is 2.79 bits per heavy atom. The topological polar surface area (TPSA) is 71.1 Å². The van der Waals surface area contributed by atoms with E-state index >= 15 is 0 Å². The highest BCUT2D eigenvalue weighted by molar-refractivity contribution is 14.0. The molecule has 1 heterocycles. The van der Waals surface area contributed by atoms with Gasteiger partial charge in [-0.25, -0.2) is 0 Å². The van der Waals surface area contributed by atoms with Gasteiger partial charge in [-0.1, -0.05) is 12.1 Å². The molecule has 0 spiro atoms. The van der Waals surface area contributed by atoms with E-state index in [2.05, 4.69) is 4.99 Å². The molecule has 1 aromatic rings. The Morgan fingerprint density at radius 1 is 1.37 bits per heavy atom. The third-order valence-corrected chi connectivity index (χ3v) is 2.92. The Hall–Kier alpha value is -1.02. The first-order valence-corrected chi connectivity index (χ1v) is 6.16. The number of phenolic OH excluding ortho intramolecular Hbond substituents is 1. The summed E-state index contributed by atoms with van der Waals surface area (Å²) in [5.41, 5.74) is 6.98. The van der Waals surface area contributed by atoms with E-state index in [1.807, 2.05) is 17.0 Å². The van der Waals surface area contributed by atoms with E-state index in [0.29, 0.717) is 25.7 Å². The van der Waals surface area contributed by atoms with Gasteiger partial charge >= 0.3 is 0 Å². The molecular formula is C13H20IN3O2. The average Bonchev–Trinajstić information content (AvgIpc) is 2.40. The Kier molecular flexibility index (Phi) is 6.93. The number of nitrogens with zero attached hydrogens (tertiary/aromatic N) is 2. The van der Waals surface area contributed by atoms with Crippen LogP contribution >= 0.6 is 24.0 Å². The molecule has 0 unspecified atom stereocenters. The molecule has 5 nitrogen and oxygen atoms in total. The highest BCUT2D eigenvalue weighted by Gasteiger charge is 2.11. The van der Waals surface area contributed by atoms with Crippen LogP contribution in [0.25, 0.3) is 0 Å². The number of ether oxygens (including phenoxy) is 1. The molecule has 1 fully saturated rings. The van der Waals surface area contributed by atoms with E-state index in [1.165, 1.54) is 0 Å². The van der Waals surface area contributed by atoms with E-state index in [9.17, 15) is 5.11 Å². The number of guanidine groups is 1. The van der Waals surface area contributed by atoms with E-state index < -0.39 is 0 Å². The molecule has 0 amide bonds. The fourth-order valence-electron chi connectivity index (χ4n) is 1.90. The summed E-state index contributed by atoms with van der Waals surface area (Å²) in [4.78, 5) is 6.39. The summed E-state index contributed by atoms with van der Waals surface area (Å²) in [5, 5.41) is 9.34. The van der Waals surface area contributed by atoms with Crippen molar-refractivity contribution >= 4 is 29.9 Å². The standard InChI is InChI=1S/C13H19N3O2.HI/c14-13(16-6-8-18-9-7-16)15-5-4-11-2-1-3-12(17)10-11;/h1-3,10,17H,4-9H2,(H2,14,15);1H. The van der Waals surface area contributed by atoms with Gasteiger partial charge in [-0.15, -0.1) is 24.0 Å². The molecule has 106 valence electrons. The lowest BCUT2D eigenvalue weighted by atomic mass is 10.1. The number of aromatic hydroxyl groups is 1. The minimum absolute atomic E-state index is 0. The summed E-state index contributed by atoms with van der Waals surface area (Å²) >= 11 is 0. The quantitative estimate of drug-likeness (QED) is 0.472. The van der Waals surface area contributed by atoms with Gasteiger partial charge in [0.25, 0.3) is 0 Å². The lowest BCUT2D eigenvalue weighted by molar-refractivity contribution is 0.0674. The summed E-state index contributed by atoms with van der Waals surface area (Å²) < 4.78 is 5.26. The molecule has 3 N–H and O–H groups in total. The number of halogens is 1. The van der Waals surface area contributed by atoms with Crippen molar-refractivity contribution in [1.82, 2.24) is 4.90 Å². The maximum Gasteiger partial charge on any atom is 0.191 e. The Bertz CT molecular complexity index is 420. The molecule has 6 heteroatoms. The van der Waals surface area contributed by atoms with E-state index in [0.717, 1.165) is 25.1 Å². The highest BCUT2D eigenvalue weighted by atomic mass is 127. The number of aliphatic imine (C=N–C) groups is 1. The van der Waals surface area contributed by atoms with Crippen LogP contribution in [-0.4, -0.2) is 48.8 Å². The summed E-state index contributed by atoms with van der Waals surface area (Å²) in [6, 6.07) is 7.22. The maximum absolute atomic E-state index is 9.34. The second-order valence-electron chi connectivity index (χ2n) is 4.26. The zero-order valence-electron chi connectivity index (χ0n) is 10.8. The molecule has 0 radical (unpaired) electrons. The lowest BCUT2D eigenvalue weighted by Gasteiger charge is -2.27. The van der Waals surface area contributed by atoms with Gasteiger partial charge in [0.05, 0.1) is 13.2 Å². The second-order valence-corrected chi connectivity index (χ2v) is 4.26. The first-order chi connectivity index (χ1) is 8.75. The van der Waals surface area contributed by atoms with Crippen LogP contribution in [0.5, 0.6) is 5.75 Å². The van der Waals surface area contributed by atoms with Gasteiger partial charge in [-0.3, -0.25) is 4.99 Å². The predicted octanol–water partition coefficient (Wildman–Crippen LogP) is 1.20. The monoisotopic (exact) mass is 377 g/mol. The molecule has 0 bridgehead atoms. The van der Waals surface area contributed by atoms with Crippen LogP contribution in [0, 0.1) is 0 Å². The molecule has 0 atom stereocenters. The molecule has 1 aliphatic heterocycles. The summed E-state index contributed by atoms with van der Waals surface area (Å²) in [6.07, 6.45) is 0.777. The fraction of sp³-hybridized carbons (Fsp3) is 0.462. The fourth-order valence-corrected chi connectivity index (χ4v) is 1.90. The Labute approximate surface area is 130 Å². The Morgan fingerprint density at radius 2 is 2.11 bits per heavy atom. The molecule has 19 heavy (non-hydrogen) atoms. The SMILES string of the molecule is I.NC(=NCCc1cccc(O)c1)N1CCOCC1. The van der Waals surface area contributed by atoms with Gasteiger partial charge in [-0.05, 0) is 24.1 Å². The van der Waals surface area contributed by atoms with Gasteiger partial charge < -0.3 is 20.5 Å². The molecular weight excluding hydrogens is 357 g/mol. The minimum Gasteiger partial charge on any atom is -0.508 e. The van der Waals surface area contributed by atoms with Gasteiger partial charge in [0.15, 0.2) is 5.96 Å². The molecule has 1 aliphatic rings. The number of rotatable bonds is 3. The van der Waals surface area contributed by atoms with Crippen LogP contribution in [0.3, 0.4) is 0 Å². The first kappa shape index (κ1) is 16.0. The number of morpholine rings is 1. The van der Waals surface area contributed by atoms with Crippen molar-refractivity contribution in [2.24, 2.45) is 10.7 Å². The van der Waals surface area contributed by atoms with Crippen molar-refractivity contribution in [2.45, 2.75) is 6.42 Å². The highest BCUT2D eigenvalue weighted by Crippen LogP contribution is 2.11. The predicted molar refractivity (Wildman–Crippen MR) is 86.1 cm³/mol. The third-order valence-electron chi connectivity index (χ3n) is 2.92. The average molecular weight is 377 g/mol. The number of nitrogens with two attached hydrogens (primary N) is 1. The van der Waals surface area contributed by atoms with Crippen LogP contribution in [0.1, 0.15) is 5.56 Å². The van der Waals surface area contributed by atoms with E-state index in [1.54, 1.807) is 12.1 Å². The van der Waals surface area contributed by atoms with Crippen molar-refractivity contribution < 1.29 is 9.84 Å². The summed E-state index contributed by atoms with van der Waals surface area (Å²) in [5.74, 6) is 0.871. The number of benzene rings is 1. The number of hydrogen-bond donors (Lipinski definition) is 2. The van der Waals surface area contributed by atoms with Crippen LogP contribution < -0.4 is 5.73 Å². The van der Waals surface area contributed by atoms with Gasteiger partial charge in [0.1, 0.15) is 5.75 Å². The molecule has 1 saturated heterocycles. The molecule has 2 rings (SSSR count). The van der Waals surface area contributed by atoms with Gasteiger partial charge in [0, 0.05) is 19.6 Å². The van der Waals surface area contributed by atoms with Crippen LogP contribution in [0.15, 0.2) is 29.3 Å². The summed E-state index contributed by atoms with van der Waals surface area (Å²) in [7, 11) is 0. The van der Waals surface area contributed by atoms with Crippen LogP contribution in [0.2, 0.25) is 0 Å². The van der Waals surface area contributed by atoms with Crippen LogP contribution in [0.4, 0.5) is 0 Å². The van der Waals surface area contributed by atoms with Gasteiger partial charge in [-0.2, -0.15) is 0 Å². The van der Waals surface area contributed by atoms with Crippen LogP contribution in [-0.2, 0) is 11.2 Å². The Balaban J connectivity index is 0.00000180. The van der Waals surface area contributed by atoms with Crippen molar-refractivity contribution in [3.05, 3.63) is 29.8 Å². The maximum atomic E-state index is 9.34. The minimum atomic E-state index is 0. The van der Waals surface area contributed by atoms with Crippen molar-refractivity contribution in [3.63, 3.8) is 0 Å². The third kappa shape index (κ3) is 5.23. The van der Waals surface area contributed by atoms with E-state index in [-0.39, 0.29) is 29.7 Å². The normalized spacial score (nSPS) is 16.0. The first-order valence-electron chi connectivity index (χ1n) is 6.16. The summed E-state index contributed by atoms with van der Waals surface area (Å²) in [6.45, 7) is 3.67. The number of hydrogen-bond acceptors (Lipinski definition) is 3. The molecule has 1 aromatic carbocycles. The van der Waals surface area contributed by atoms with Crippen molar-refractivity contribution in [1.29, 1.82) is 0 Å². The lowest BCUT2D eigenvalue weighted by Crippen LogP contribution is -2.44. The molecule has 0 saturated carbocycles. The second kappa shape index (κ2) is 8.21. The van der Waals surface area contributed by atoms with E-state index in [4.69, 9.17) is 10.5 Å². The zero-order chi connectivity index (χ0) is 12.8. The largest absolute Gasteiger partial charge is 0.508 e.